The van der Waals surface area contributed by atoms with Gasteiger partial charge in [-0.15, -0.1) is 11.8 Å². The molecule has 1 aliphatic heterocycles. The van der Waals surface area contributed by atoms with Crippen LogP contribution in [0.2, 0.25) is 0 Å². The summed E-state index contributed by atoms with van der Waals surface area (Å²) < 4.78 is 5.24. The Morgan fingerprint density at radius 1 is 1.50 bits per heavy atom. The number of urea groups is 1. The Morgan fingerprint density at radius 2 is 2.15 bits per heavy atom. The average molecular weight is 304 g/mol. The van der Waals surface area contributed by atoms with Crippen molar-refractivity contribution in [3.05, 3.63) is 0 Å². The maximum Gasteiger partial charge on any atom is 0.327 e. The first-order valence-electron chi connectivity index (χ1n) is 6.78. The second-order valence-electron chi connectivity index (χ2n) is 5.46. The summed E-state index contributed by atoms with van der Waals surface area (Å²) in [5.74, 6) is -0.501. The van der Waals surface area contributed by atoms with Gasteiger partial charge in [-0.2, -0.15) is 0 Å². The first-order chi connectivity index (χ1) is 9.32. The molecule has 1 fully saturated rings. The monoisotopic (exact) mass is 304 g/mol. The Labute approximate surface area is 124 Å². The van der Waals surface area contributed by atoms with Gasteiger partial charge < -0.3 is 15.2 Å². The Balaban J connectivity index is 2.71. The van der Waals surface area contributed by atoms with Crippen LogP contribution in [0.25, 0.3) is 0 Å². The predicted octanol–water partition coefficient (Wildman–Crippen LogP) is 1.75. The molecule has 20 heavy (non-hydrogen) atoms. The normalized spacial score (nSPS) is 22.9. The van der Waals surface area contributed by atoms with Gasteiger partial charge in [-0.25, -0.2) is 9.59 Å². The molecule has 2 N–H and O–H groups in total. The van der Waals surface area contributed by atoms with Gasteiger partial charge in [0.1, 0.15) is 6.04 Å². The molecule has 1 aliphatic rings. The number of carboxylic acids is 1. The molecule has 2 unspecified atom stereocenters. The van der Waals surface area contributed by atoms with Gasteiger partial charge in [-0.3, -0.25) is 4.90 Å². The lowest BCUT2D eigenvalue weighted by molar-refractivity contribution is -0.141. The quantitative estimate of drug-likeness (QED) is 0.781. The molecule has 7 heteroatoms. The second kappa shape index (κ2) is 7.17. The van der Waals surface area contributed by atoms with E-state index in [4.69, 9.17) is 4.74 Å². The van der Waals surface area contributed by atoms with E-state index >= 15 is 0 Å². The third-order valence-electron chi connectivity index (χ3n) is 3.37. The van der Waals surface area contributed by atoms with Crippen molar-refractivity contribution in [1.29, 1.82) is 0 Å². The van der Waals surface area contributed by atoms with Crippen molar-refractivity contribution in [1.82, 2.24) is 10.2 Å². The third kappa shape index (κ3) is 4.28. The largest absolute Gasteiger partial charge is 0.480 e. The lowest BCUT2D eigenvalue weighted by Crippen LogP contribution is -2.52. The smallest absolute Gasteiger partial charge is 0.327 e. The van der Waals surface area contributed by atoms with Gasteiger partial charge in [-0.05, 0) is 20.3 Å². The van der Waals surface area contributed by atoms with Crippen LogP contribution in [-0.2, 0) is 9.53 Å². The van der Waals surface area contributed by atoms with E-state index in [0.717, 1.165) is 12.8 Å². The Hall–Kier alpha value is -0.950. The number of aliphatic carboxylic acids is 1. The summed E-state index contributed by atoms with van der Waals surface area (Å²) in [5, 5.41) is 11.9. The fourth-order valence-corrected chi connectivity index (χ4v) is 3.46. The van der Waals surface area contributed by atoms with Gasteiger partial charge >= 0.3 is 12.0 Å². The third-order valence-corrected chi connectivity index (χ3v) is 4.72. The molecule has 116 valence electrons. The SMILES string of the molecule is CCCC1SCC(C(=O)O)N1C(=O)NCC(C)(C)OC. The summed E-state index contributed by atoms with van der Waals surface area (Å²) in [6.45, 7) is 6.10. The molecule has 1 heterocycles. The van der Waals surface area contributed by atoms with Crippen molar-refractivity contribution in [2.45, 2.75) is 50.6 Å². The lowest BCUT2D eigenvalue weighted by atomic mass is 10.1. The molecule has 6 nitrogen and oxygen atoms in total. The van der Waals surface area contributed by atoms with Crippen molar-refractivity contribution in [3.8, 4) is 0 Å². The molecule has 1 saturated heterocycles. The van der Waals surface area contributed by atoms with E-state index in [1.807, 2.05) is 20.8 Å². The van der Waals surface area contributed by atoms with Crippen LogP contribution in [0.3, 0.4) is 0 Å². The molecule has 0 radical (unpaired) electrons. The van der Waals surface area contributed by atoms with Gasteiger partial charge in [0.25, 0.3) is 0 Å². The van der Waals surface area contributed by atoms with Crippen LogP contribution in [0.15, 0.2) is 0 Å². The fourth-order valence-electron chi connectivity index (χ4n) is 1.95. The van der Waals surface area contributed by atoms with Crippen molar-refractivity contribution < 1.29 is 19.4 Å². The Bertz CT molecular complexity index is 362. The van der Waals surface area contributed by atoms with Crippen molar-refractivity contribution in [2.24, 2.45) is 0 Å². The van der Waals surface area contributed by atoms with E-state index in [1.165, 1.54) is 16.7 Å². The van der Waals surface area contributed by atoms with Gasteiger partial charge in [0.2, 0.25) is 0 Å². The van der Waals surface area contributed by atoms with Crippen LogP contribution in [0.1, 0.15) is 33.6 Å². The van der Waals surface area contributed by atoms with E-state index in [9.17, 15) is 14.7 Å². The first-order valence-corrected chi connectivity index (χ1v) is 7.83. The lowest BCUT2D eigenvalue weighted by Gasteiger charge is -2.30. The van der Waals surface area contributed by atoms with Crippen LogP contribution < -0.4 is 5.32 Å². The summed E-state index contributed by atoms with van der Waals surface area (Å²) in [7, 11) is 1.58. The van der Waals surface area contributed by atoms with E-state index < -0.39 is 17.6 Å². The predicted molar refractivity (Wildman–Crippen MR) is 78.9 cm³/mol. The van der Waals surface area contributed by atoms with Crippen molar-refractivity contribution >= 4 is 23.8 Å². The number of carbonyl (C=O) groups is 2. The molecule has 0 saturated carbocycles. The Morgan fingerprint density at radius 3 is 2.65 bits per heavy atom. The number of thioether (sulfide) groups is 1. The highest BCUT2D eigenvalue weighted by molar-refractivity contribution is 8.00. The summed E-state index contributed by atoms with van der Waals surface area (Å²) in [6, 6.07) is -1.08. The summed E-state index contributed by atoms with van der Waals surface area (Å²) in [4.78, 5) is 25.0. The number of ether oxygens (including phenoxy) is 1. The van der Waals surface area contributed by atoms with Gasteiger partial charge in [0.05, 0.1) is 11.0 Å². The molecule has 0 spiro atoms. The number of carbonyl (C=O) groups excluding carboxylic acids is 1. The molecule has 0 bridgehead atoms. The highest BCUT2D eigenvalue weighted by atomic mass is 32.2. The topological polar surface area (TPSA) is 78.9 Å². The number of rotatable bonds is 6. The van der Waals surface area contributed by atoms with Crippen molar-refractivity contribution in [3.63, 3.8) is 0 Å². The standard InChI is InChI=1S/C13H24N2O4S/c1-5-6-10-15(9(7-20-10)11(16)17)12(18)14-8-13(2,3)19-4/h9-10H,5-8H2,1-4H3,(H,14,18)(H,16,17). The van der Waals surface area contributed by atoms with E-state index in [0.29, 0.717) is 12.3 Å². The van der Waals surface area contributed by atoms with Gasteiger partial charge in [0.15, 0.2) is 0 Å². The molecule has 2 atom stereocenters. The Kier molecular flexibility index (Phi) is 6.13. The van der Waals surface area contributed by atoms with Crippen LogP contribution >= 0.6 is 11.8 Å². The molecular formula is C13H24N2O4S. The summed E-state index contributed by atoms with van der Waals surface area (Å²) >= 11 is 1.53. The van der Waals surface area contributed by atoms with E-state index in [-0.39, 0.29) is 11.4 Å². The zero-order valence-corrected chi connectivity index (χ0v) is 13.3. The second-order valence-corrected chi connectivity index (χ2v) is 6.67. The average Bonchev–Trinajstić information content (AvgIpc) is 2.80. The highest BCUT2D eigenvalue weighted by Gasteiger charge is 2.41. The number of nitrogens with zero attached hydrogens (tertiary/aromatic N) is 1. The molecule has 2 amide bonds. The van der Waals surface area contributed by atoms with Gasteiger partial charge in [-0.1, -0.05) is 13.3 Å². The molecule has 1 rings (SSSR count). The first kappa shape index (κ1) is 17.1. The van der Waals surface area contributed by atoms with E-state index in [2.05, 4.69) is 5.32 Å². The molecule has 0 aromatic heterocycles. The van der Waals surface area contributed by atoms with Gasteiger partial charge in [0, 0.05) is 19.4 Å². The van der Waals surface area contributed by atoms with Crippen LogP contribution in [-0.4, -0.2) is 58.4 Å². The molecule has 0 aromatic carbocycles. The maximum absolute atomic E-state index is 12.3. The number of nitrogens with one attached hydrogen (secondary N) is 1. The molecule has 0 aliphatic carbocycles. The number of amides is 2. The summed E-state index contributed by atoms with van der Waals surface area (Å²) in [6.07, 6.45) is 1.72. The number of hydrogen-bond donors (Lipinski definition) is 2. The molecular weight excluding hydrogens is 280 g/mol. The number of carboxylic acid groups (broad SMARTS) is 1. The number of hydrogen-bond acceptors (Lipinski definition) is 4. The minimum atomic E-state index is -0.947. The van der Waals surface area contributed by atoms with Crippen LogP contribution in [0.5, 0.6) is 0 Å². The van der Waals surface area contributed by atoms with Crippen molar-refractivity contribution in [2.75, 3.05) is 19.4 Å². The zero-order valence-electron chi connectivity index (χ0n) is 12.5. The summed E-state index contributed by atoms with van der Waals surface area (Å²) in [5.41, 5.74) is -0.471. The zero-order chi connectivity index (χ0) is 15.3. The minimum absolute atomic E-state index is 0.0632. The van der Waals surface area contributed by atoms with Crippen LogP contribution in [0.4, 0.5) is 4.79 Å². The van der Waals surface area contributed by atoms with E-state index in [1.54, 1.807) is 7.11 Å². The maximum atomic E-state index is 12.3. The number of methoxy groups -OCH3 is 1. The minimum Gasteiger partial charge on any atom is -0.480 e. The molecule has 0 aromatic rings. The van der Waals surface area contributed by atoms with Crippen LogP contribution in [0, 0.1) is 0 Å². The fraction of sp³-hybridized carbons (Fsp3) is 0.846. The highest BCUT2D eigenvalue weighted by Crippen LogP contribution is 2.32.